The molecule has 0 aliphatic heterocycles. The molecule has 2 saturated carbocycles. The zero-order valence-electron chi connectivity index (χ0n) is 14.8. The molecule has 2 heterocycles. The van der Waals surface area contributed by atoms with Gasteiger partial charge < -0.3 is 4.57 Å². The number of rotatable bonds is 5. The third kappa shape index (κ3) is 2.73. The molecule has 0 unspecified atom stereocenters. The molecule has 2 fully saturated rings. The maximum atomic E-state index is 6.49. The van der Waals surface area contributed by atoms with Crippen molar-refractivity contribution in [1.82, 2.24) is 14.5 Å². The zero-order chi connectivity index (χ0) is 17.8. The SMILES string of the molecule is CCc1nc2c(-c3ccc(Cl)cc3Cl)ccnc2n1C(C1CC1)C1CC1. The Bertz CT molecular complexity index is 974. The summed E-state index contributed by atoms with van der Waals surface area (Å²) in [7, 11) is 0. The maximum absolute atomic E-state index is 6.49. The normalized spacial score (nSPS) is 17.4. The molecule has 26 heavy (non-hydrogen) atoms. The molecule has 5 rings (SSSR count). The minimum atomic E-state index is 0.568. The minimum Gasteiger partial charge on any atom is -0.309 e. The lowest BCUT2D eigenvalue weighted by Gasteiger charge is -2.20. The number of nitrogens with zero attached hydrogens (tertiary/aromatic N) is 3. The summed E-state index contributed by atoms with van der Waals surface area (Å²) in [4.78, 5) is 9.78. The largest absolute Gasteiger partial charge is 0.309 e. The van der Waals surface area contributed by atoms with E-state index in [4.69, 9.17) is 33.2 Å². The van der Waals surface area contributed by atoms with Gasteiger partial charge in [0, 0.05) is 39.8 Å². The molecule has 134 valence electrons. The summed E-state index contributed by atoms with van der Waals surface area (Å²) in [5.74, 6) is 2.75. The van der Waals surface area contributed by atoms with Crippen molar-refractivity contribution in [3.05, 3.63) is 46.3 Å². The van der Waals surface area contributed by atoms with Crippen molar-refractivity contribution in [2.75, 3.05) is 0 Å². The van der Waals surface area contributed by atoms with Crippen LogP contribution in [0.15, 0.2) is 30.5 Å². The van der Waals surface area contributed by atoms with Crippen molar-refractivity contribution in [2.45, 2.75) is 45.1 Å². The quantitative estimate of drug-likeness (QED) is 0.513. The lowest BCUT2D eigenvalue weighted by atomic mass is 10.1. The molecule has 0 amide bonds. The van der Waals surface area contributed by atoms with Gasteiger partial charge in [0.2, 0.25) is 0 Å². The Balaban J connectivity index is 1.72. The second-order valence-electron chi connectivity index (χ2n) is 7.57. The molecule has 2 aliphatic carbocycles. The van der Waals surface area contributed by atoms with Crippen molar-refractivity contribution < 1.29 is 0 Å². The summed E-state index contributed by atoms with van der Waals surface area (Å²) >= 11 is 12.6. The Morgan fingerprint density at radius 3 is 2.42 bits per heavy atom. The summed E-state index contributed by atoms with van der Waals surface area (Å²) in [5.41, 5.74) is 3.97. The van der Waals surface area contributed by atoms with Gasteiger partial charge in [-0.3, -0.25) is 0 Å². The van der Waals surface area contributed by atoms with Crippen molar-refractivity contribution in [1.29, 1.82) is 0 Å². The predicted octanol–water partition coefficient (Wildman–Crippen LogP) is 6.33. The summed E-state index contributed by atoms with van der Waals surface area (Å²) in [5, 5.41) is 1.30. The molecule has 0 saturated heterocycles. The third-order valence-corrected chi connectivity index (χ3v) is 6.25. The summed E-state index contributed by atoms with van der Waals surface area (Å²) < 4.78 is 2.46. The molecule has 1 aromatic carbocycles. The zero-order valence-corrected chi connectivity index (χ0v) is 16.3. The van der Waals surface area contributed by atoms with Crippen molar-refractivity contribution in [3.8, 4) is 11.1 Å². The Labute approximate surface area is 163 Å². The van der Waals surface area contributed by atoms with Crippen molar-refractivity contribution >= 4 is 34.4 Å². The Kier molecular flexibility index (Phi) is 3.98. The fourth-order valence-electron chi connectivity index (χ4n) is 4.20. The van der Waals surface area contributed by atoms with E-state index < -0.39 is 0 Å². The van der Waals surface area contributed by atoms with Gasteiger partial charge in [0.05, 0.1) is 0 Å². The van der Waals surface area contributed by atoms with E-state index >= 15 is 0 Å². The van der Waals surface area contributed by atoms with Gasteiger partial charge in [-0.2, -0.15) is 0 Å². The average Bonchev–Trinajstić information content (AvgIpc) is 3.54. The smallest absolute Gasteiger partial charge is 0.160 e. The number of aromatic nitrogens is 3. The number of aryl methyl sites for hydroxylation is 1. The molecule has 0 radical (unpaired) electrons. The van der Waals surface area contributed by atoms with Gasteiger partial charge in [0.25, 0.3) is 0 Å². The fourth-order valence-corrected chi connectivity index (χ4v) is 4.71. The van der Waals surface area contributed by atoms with Gasteiger partial charge in [-0.25, -0.2) is 9.97 Å². The Morgan fingerprint density at radius 2 is 1.81 bits per heavy atom. The Morgan fingerprint density at radius 1 is 1.08 bits per heavy atom. The monoisotopic (exact) mass is 385 g/mol. The second kappa shape index (κ2) is 6.24. The summed E-state index contributed by atoms with van der Waals surface area (Å²) in [6, 6.07) is 8.23. The summed E-state index contributed by atoms with van der Waals surface area (Å²) in [6.07, 6.45) is 8.16. The van der Waals surface area contributed by atoms with Crippen LogP contribution in [0, 0.1) is 11.8 Å². The first-order valence-electron chi connectivity index (χ1n) is 9.48. The molecule has 0 spiro atoms. The van der Waals surface area contributed by atoms with E-state index in [1.54, 1.807) is 6.07 Å². The molecule has 0 atom stereocenters. The highest BCUT2D eigenvalue weighted by Crippen LogP contribution is 2.53. The van der Waals surface area contributed by atoms with Crippen LogP contribution in [0.25, 0.3) is 22.3 Å². The molecule has 2 aliphatic rings. The highest BCUT2D eigenvalue weighted by atomic mass is 35.5. The molecular formula is C21H21Cl2N3. The van der Waals surface area contributed by atoms with E-state index in [0.29, 0.717) is 16.1 Å². The van der Waals surface area contributed by atoms with E-state index in [1.807, 2.05) is 24.4 Å². The van der Waals surface area contributed by atoms with Crippen LogP contribution in [0.4, 0.5) is 0 Å². The first-order chi connectivity index (χ1) is 12.7. The summed E-state index contributed by atoms with van der Waals surface area (Å²) in [6.45, 7) is 2.18. The third-order valence-electron chi connectivity index (χ3n) is 5.70. The highest BCUT2D eigenvalue weighted by molar-refractivity contribution is 6.36. The number of halogens is 2. The number of hydrogen-bond donors (Lipinski definition) is 0. The van der Waals surface area contributed by atoms with Crippen molar-refractivity contribution in [3.63, 3.8) is 0 Å². The average molecular weight is 386 g/mol. The van der Waals surface area contributed by atoms with Crippen LogP contribution in [0.5, 0.6) is 0 Å². The molecule has 3 aromatic rings. The molecule has 0 N–H and O–H groups in total. The van der Waals surface area contributed by atoms with Crippen LogP contribution in [0.3, 0.4) is 0 Å². The number of imidazole rings is 1. The van der Waals surface area contributed by atoms with Crippen LogP contribution in [0.2, 0.25) is 10.0 Å². The van der Waals surface area contributed by atoms with E-state index in [2.05, 4.69) is 11.5 Å². The number of pyridine rings is 1. The highest BCUT2D eigenvalue weighted by Gasteiger charge is 2.44. The number of benzene rings is 1. The van der Waals surface area contributed by atoms with Gasteiger partial charge in [-0.05, 0) is 55.7 Å². The molecule has 5 heteroatoms. The Hall–Kier alpha value is -1.58. The van der Waals surface area contributed by atoms with Crippen LogP contribution < -0.4 is 0 Å². The van der Waals surface area contributed by atoms with Crippen molar-refractivity contribution in [2.24, 2.45) is 11.8 Å². The number of hydrogen-bond acceptors (Lipinski definition) is 2. The predicted molar refractivity (Wildman–Crippen MR) is 107 cm³/mol. The van der Waals surface area contributed by atoms with E-state index in [-0.39, 0.29) is 0 Å². The van der Waals surface area contributed by atoms with Gasteiger partial charge in [-0.15, -0.1) is 0 Å². The topological polar surface area (TPSA) is 30.7 Å². The lowest BCUT2D eigenvalue weighted by molar-refractivity contribution is 0.391. The van der Waals surface area contributed by atoms with E-state index in [9.17, 15) is 0 Å². The van der Waals surface area contributed by atoms with Gasteiger partial charge in [0.15, 0.2) is 5.65 Å². The van der Waals surface area contributed by atoms with Gasteiger partial charge in [-0.1, -0.05) is 36.2 Å². The first-order valence-corrected chi connectivity index (χ1v) is 10.2. The van der Waals surface area contributed by atoms with E-state index in [1.165, 1.54) is 25.7 Å². The molecular weight excluding hydrogens is 365 g/mol. The van der Waals surface area contributed by atoms with Crippen LogP contribution in [-0.4, -0.2) is 14.5 Å². The van der Waals surface area contributed by atoms with Gasteiger partial charge in [0.1, 0.15) is 11.3 Å². The second-order valence-corrected chi connectivity index (χ2v) is 8.42. The van der Waals surface area contributed by atoms with Crippen LogP contribution in [-0.2, 0) is 6.42 Å². The van der Waals surface area contributed by atoms with Gasteiger partial charge >= 0.3 is 0 Å². The first kappa shape index (κ1) is 16.6. The maximum Gasteiger partial charge on any atom is 0.160 e. The molecule has 2 aromatic heterocycles. The number of fused-ring (bicyclic) bond motifs is 1. The lowest BCUT2D eigenvalue weighted by Crippen LogP contribution is -2.16. The standard InChI is InChI=1S/C21H21Cl2N3/c1-2-18-25-19-16(15-8-7-14(22)11-17(15)23)9-10-24-21(19)26(18)20(12-3-4-12)13-5-6-13/h7-13,20H,2-6H2,1H3. The van der Waals surface area contributed by atoms with Crippen LogP contribution in [0.1, 0.15) is 44.5 Å². The minimum absolute atomic E-state index is 0.568. The van der Waals surface area contributed by atoms with E-state index in [0.717, 1.165) is 46.4 Å². The molecule has 3 nitrogen and oxygen atoms in total. The van der Waals surface area contributed by atoms with Crippen LogP contribution >= 0.6 is 23.2 Å². The molecule has 0 bridgehead atoms. The fraction of sp³-hybridized carbons (Fsp3) is 0.429.